The van der Waals surface area contributed by atoms with Crippen LogP contribution in [0.4, 0.5) is 5.69 Å². The zero-order chi connectivity index (χ0) is 13.5. The van der Waals surface area contributed by atoms with Crippen molar-refractivity contribution in [3.63, 3.8) is 0 Å². The first kappa shape index (κ1) is 13.9. The second kappa shape index (κ2) is 7.16. The van der Waals surface area contributed by atoms with Crippen LogP contribution in [-0.2, 0) is 11.3 Å². The molecular weight excluding hydrogens is 306 g/mol. The van der Waals surface area contributed by atoms with Crippen LogP contribution in [0.15, 0.2) is 53.0 Å². The SMILES string of the molecule is Nc1cccc(Br)c1COCCOc1ccccc1. The van der Waals surface area contributed by atoms with E-state index in [-0.39, 0.29) is 0 Å². The normalized spacial score (nSPS) is 10.4. The number of hydrogen-bond donors (Lipinski definition) is 1. The lowest BCUT2D eigenvalue weighted by atomic mass is 10.2. The lowest BCUT2D eigenvalue weighted by Crippen LogP contribution is -2.07. The molecule has 0 fully saturated rings. The van der Waals surface area contributed by atoms with Gasteiger partial charge in [0.05, 0.1) is 13.2 Å². The Balaban J connectivity index is 1.73. The molecule has 0 spiro atoms. The molecular formula is C15H16BrNO2. The highest BCUT2D eigenvalue weighted by Crippen LogP contribution is 2.23. The van der Waals surface area contributed by atoms with Crippen LogP contribution in [0.25, 0.3) is 0 Å². The molecule has 2 rings (SSSR count). The number of anilines is 1. The van der Waals surface area contributed by atoms with Crippen molar-refractivity contribution >= 4 is 21.6 Å². The molecule has 0 saturated carbocycles. The molecule has 100 valence electrons. The Bertz CT molecular complexity index is 497. The first-order valence-electron chi connectivity index (χ1n) is 6.06. The van der Waals surface area contributed by atoms with Crippen molar-refractivity contribution in [3.05, 3.63) is 58.6 Å². The summed E-state index contributed by atoms with van der Waals surface area (Å²) in [4.78, 5) is 0. The maximum absolute atomic E-state index is 5.89. The third-order valence-electron chi connectivity index (χ3n) is 2.64. The average molecular weight is 322 g/mol. The van der Waals surface area contributed by atoms with Gasteiger partial charge in [-0.2, -0.15) is 0 Å². The largest absolute Gasteiger partial charge is 0.491 e. The fourth-order valence-corrected chi connectivity index (χ4v) is 2.13. The minimum absolute atomic E-state index is 0.478. The summed E-state index contributed by atoms with van der Waals surface area (Å²) in [5.41, 5.74) is 7.59. The molecule has 2 N–H and O–H groups in total. The first-order chi connectivity index (χ1) is 9.27. The quantitative estimate of drug-likeness (QED) is 0.652. The van der Waals surface area contributed by atoms with Gasteiger partial charge in [0.15, 0.2) is 0 Å². The summed E-state index contributed by atoms with van der Waals surface area (Å²) in [6.45, 7) is 1.52. The molecule has 3 nitrogen and oxygen atoms in total. The second-order valence-electron chi connectivity index (χ2n) is 4.02. The molecule has 0 unspecified atom stereocenters. The number of nitrogens with two attached hydrogens (primary N) is 1. The highest BCUT2D eigenvalue weighted by atomic mass is 79.9. The molecule has 0 aliphatic heterocycles. The summed E-state index contributed by atoms with van der Waals surface area (Å²) in [5.74, 6) is 0.853. The van der Waals surface area contributed by atoms with E-state index in [9.17, 15) is 0 Å². The maximum atomic E-state index is 5.89. The molecule has 0 aliphatic carbocycles. The summed E-state index contributed by atoms with van der Waals surface area (Å²) >= 11 is 3.46. The minimum Gasteiger partial charge on any atom is -0.491 e. The van der Waals surface area contributed by atoms with E-state index in [2.05, 4.69) is 15.9 Å². The number of nitrogen functional groups attached to an aromatic ring is 1. The van der Waals surface area contributed by atoms with Gasteiger partial charge >= 0.3 is 0 Å². The van der Waals surface area contributed by atoms with Gasteiger partial charge in [-0.05, 0) is 24.3 Å². The molecule has 0 bridgehead atoms. The molecule has 0 saturated heterocycles. The Labute approximate surface area is 121 Å². The topological polar surface area (TPSA) is 44.5 Å². The summed E-state index contributed by atoms with van der Waals surface area (Å²) in [6, 6.07) is 15.4. The van der Waals surface area contributed by atoms with Crippen LogP contribution in [0.5, 0.6) is 5.75 Å². The molecule has 0 aliphatic rings. The summed E-state index contributed by atoms with van der Waals surface area (Å²) < 4.78 is 12.1. The van der Waals surface area contributed by atoms with Crippen molar-refractivity contribution in [1.82, 2.24) is 0 Å². The lowest BCUT2D eigenvalue weighted by Gasteiger charge is -2.10. The van der Waals surface area contributed by atoms with Gasteiger partial charge in [-0.1, -0.05) is 40.2 Å². The number of ether oxygens (including phenoxy) is 2. The van der Waals surface area contributed by atoms with Gasteiger partial charge in [0.2, 0.25) is 0 Å². The standard InChI is InChI=1S/C15H16BrNO2/c16-14-7-4-8-15(17)13(14)11-18-9-10-19-12-5-2-1-3-6-12/h1-8H,9-11,17H2. The molecule has 0 atom stereocenters. The Kier molecular flexibility index (Phi) is 5.24. The summed E-state index contributed by atoms with van der Waals surface area (Å²) in [7, 11) is 0. The summed E-state index contributed by atoms with van der Waals surface area (Å²) in [5, 5.41) is 0. The molecule has 0 amide bonds. The van der Waals surface area contributed by atoms with Crippen LogP contribution in [0.3, 0.4) is 0 Å². The second-order valence-corrected chi connectivity index (χ2v) is 4.88. The van der Waals surface area contributed by atoms with E-state index in [1.165, 1.54) is 0 Å². The van der Waals surface area contributed by atoms with E-state index in [0.717, 1.165) is 21.5 Å². The van der Waals surface area contributed by atoms with Crippen molar-refractivity contribution in [1.29, 1.82) is 0 Å². The Morgan fingerprint density at radius 1 is 0.947 bits per heavy atom. The Hall–Kier alpha value is -1.52. The van der Waals surface area contributed by atoms with Crippen LogP contribution in [0.1, 0.15) is 5.56 Å². The monoisotopic (exact) mass is 321 g/mol. The zero-order valence-electron chi connectivity index (χ0n) is 10.5. The lowest BCUT2D eigenvalue weighted by molar-refractivity contribution is 0.0889. The zero-order valence-corrected chi connectivity index (χ0v) is 12.1. The highest BCUT2D eigenvalue weighted by molar-refractivity contribution is 9.10. The van der Waals surface area contributed by atoms with Crippen molar-refractivity contribution in [2.24, 2.45) is 0 Å². The van der Waals surface area contributed by atoms with Crippen LogP contribution in [0.2, 0.25) is 0 Å². The van der Waals surface area contributed by atoms with Crippen LogP contribution >= 0.6 is 15.9 Å². The number of para-hydroxylation sites is 1. The van der Waals surface area contributed by atoms with Gasteiger partial charge in [-0.3, -0.25) is 0 Å². The third kappa shape index (κ3) is 4.26. The van der Waals surface area contributed by atoms with Crippen LogP contribution in [0, 0.1) is 0 Å². The Morgan fingerprint density at radius 3 is 2.47 bits per heavy atom. The molecule has 19 heavy (non-hydrogen) atoms. The van der Waals surface area contributed by atoms with Gasteiger partial charge in [-0.15, -0.1) is 0 Å². The molecule has 0 radical (unpaired) electrons. The molecule has 0 aromatic heterocycles. The number of rotatable bonds is 6. The first-order valence-corrected chi connectivity index (χ1v) is 6.85. The van der Waals surface area contributed by atoms with Crippen LogP contribution in [-0.4, -0.2) is 13.2 Å². The minimum atomic E-state index is 0.478. The highest BCUT2D eigenvalue weighted by Gasteiger charge is 2.03. The average Bonchev–Trinajstić information content (AvgIpc) is 2.42. The summed E-state index contributed by atoms with van der Waals surface area (Å²) in [6.07, 6.45) is 0. The fourth-order valence-electron chi connectivity index (χ4n) is 1.64. The van der Waals surface area contributed by atoms with Gasteiger partial charge < -0.3 is 15.2 Å². The van der Waals surface area contributed by atoms with E-state index in [1.54, 1.807) is 0 Å². The van der Waals surface area contributed by atoms with E-state index in [1.807, 2.05) is 48.5 Å². The van der Waals surface area contributed by atoms with Gasteiger partial charge in [-0.25, -0.2) is 0 Å². The molecule has 4 heteroatoms. The van der Waals surface area contributed by atoms with E-state index in [0.29, 0.717) is 19.8 Å². The predicted molar refractivity (Wildman–Crippen MR) is 80.1 cm³/mol. The maximum Gasteiger partial charge on any atom is 0.119 e. The molecule has 0 heterocycles. The predicted octanol–water partition coefficient (Wildman–Crippen LogP) is 3.63. The third-order valence-corrected chi connectivity index (χ3v) is 3.38. The van der Waals surface area contributed by atoms with Crippen molar-refractivity contribution in [2.75, 3.05) is 18.9 Å². The van der Waals surface area contributed by atoms with Crippen molar-refractivity contribution in [3.8, 4) is 5.75 Å². The molecule has 2 aromatic rings. The van der Waals surface area contributed by atoms with Crippen molar-refractivity contribution in [2.45, 2.75) is 6.61 Å². The smallest absolute Gasteiger partial charge is 0.119 e. The van der Waals surface area contributed by atoms with Crippen LogP contribution < -0.4 is 10.5 Å². The Morgan fingerprint density at radius 2 is 1.74 bits per heavy atom. The van der Waals surface area contributed by atoms with E-state index < -0.39 is 0 Å². The van der Waals surface area contributed by atoms with Gasteiger partial charge in [0, 0.05) is 15.7 Å². The van der Waals surface area contributed by atoms with Crippen molar-refractivity contribution < 1.29 is 9.47 Å². The van der Waals surface area contributed by atoms with Gasteiger partial charge in [0.1, 0.15) is 12.4 Å². The van der Waals surface area contributed by atoms with E-state index >= 15 is 0 Å². The molecule has 2 aromatic carbocycles. The number of hydrogen-bond acceptors (Lipinski definition) is 3. The fraction of sp³-hybridized carbons (Fsp3) is 0.200. The van der Waals surface area contributed by atoms with E-state index in [4.69, 9.17) is 15.2 Å². The van der Waals surface area contributed by atoms with Gasteiger partial charge in [0.25, 0.3) is 0 Å². The number of halogens is 1. The number of benzene rings is 2.